The lowest BCUT2D eigenvalue weighted by Crippen LogP contribution is -2.41. The van der Waals surface area contributed by atoms with Crippen LogP contribution in [0.1, 0.15) is 16.1 Å². The summed E-state index contributed by atoms with van der Waals surface area (Å²) in [6.07, 6.45) is 1.62. The summed E-state index contributed by atoms with van der Waals surface area (Å²) in [5.41, 5.74) is 0.646. The molecule has 26 heavy (non-hydrogen) atoms. The Kier molecular flexibility index (Phi) is 4.04. The van der Waals surface area contributed by atoms with Crippen molar-refractivity contribution in [1.82, 2.24) is 14.5 Å². The molecule has 0 saturated heterocycles. The van der Waals surface area contributed by atoms with Crippen LogP contribution in [0.25, 0.3) is 10.7 Å². The van der Waals surface area contributed by atoms with Crippen LogP contribution in [-0.2, 0) is 13.1 Å². The molecular weight excluding hydrogens is 357 g/mol. The molecule has 0 fully saturated rings. The van der Waals surface area contributed by atoms with Gasteiger partial charge >= 0.3 is 0 Å². The van der Waals surface area contributed by atoms with E-state index in [1.165, 1.54) is 34.4 Å². The number of aromatic hydroxyl groups is 1. The second-order valence-corrected chi connectivity index (χ2v) is 6.83. The van der Waals surface area contributed by atoms with Crippen LogP contribution in [0.15, 0.2) is 46.7 Å². The number of hydrogen-bond donors (Lipinski definition) is 1. The van der Waals surface area contributed by atoms with Crippen molar-refractivity contribution in [3.8, 4) is 16.5 Å². The number of hydrogen-bond acceptors (Lipinski definition) is 5. The molecule has 0 atom stereocenters. The summed E-state index contributed by atoms with van der Waals surface area (Å²) in [4.78, 5) is 30.8. The highest BCUT2D eigenvalue weighted by molar-refractivity contribution is 7.13. The molecule has 1 aliphatic heterocycles. The molecule has 0 aliphatic carbocycles. The standard InChI is InChI=1S/C18H14FN3O3S/c19-12-3-1-11(2-4-12)10-21-6-7-22-13(17-20-5-8-26-17)9-14(23)16(24)15(22)18(21)25/h1-5,8-9,24H,6-7,10H2. The molecule has 1 amide bonds. The van der Waals surface area contributed by atoms with Gasteiger partial charge in [0.1, 0.15) is 10.8 Å². The Morgan fingerprint density at radius 2 is 1.96 bits per heavy atom. The van der Waals surface area contributed by atoms with Gasteiger partial charge in [-0.1, -0.05) is 12.1 Å². The molecule has 1 aliphatic rings. The van der Waals surface area contributed by atoms with Crippen molar-refractivity contribution in [2.75, 3.05) is 6.54 Å². The molecule has 0 spiro atoms. The molecule has 0 bridgehead atoms. The highest BCUT2D eigenvalue weighted by atomic mass is 32.1. The van der Waals surface area contributed by atoms with Gasteiger partial charge in [-0.3, -0.25) is 9.59 Å². The highest BCUT2D eigenvalue weighted by Gasteiger charge is 2.30. The van der Waals surface area contributed by atoms with Crippen LogP contribution >= 0.6 is 11.3 Å². The van der Waals surface area contributed by atoms with E-state index >= 15 is 0 Å². The fourth-order valence-electron chi connectivity index (χ4n) is 3.04. The van der Waals surface area contributed by atoms with Gasteiger partial charge in [-0.25, -0.2) is 9.37 Å². The first-order valence-electron chi connectivity index (χ1n) is 7.95. The third kappa shape index (κ3) is 2.78. The molecule has 4 rings (SSSR count). The van der Waals surface area contributed by atoms with Gasteiger partial charge < -0.3 is 14.6 Å². The van der Waals surface area contributed by atoms with E-state index in [2.05, 4.69) is 4.98 Å². The molecule has 3 aromatic rings. The largest absolute Gasteiger partial charge is 0.503 e. The van der Waals surface area contributed by atoms with Gasteiger partial charge in [-0.2, -0.15) is 0 Å². The lowest BCUT2D eigenvalue weighted by Gasteiger charge is -2.31. The number of nitrogens with zero attached hydrogens (tertiary/aromatic N) is 3. The first-order valence-corrected chi connectivity index (χ1v) is 8.83. The average molecular weight is 371 g/mol. The number of fused-ring (bicyclic) bond motifs is 1. The molecule has 0 saturated carbocycles. The lowest BCUT2D eigenvalue weighted by molar-refractivity contribution is 0.0684. The van der Waals surface area contributed by atoms with Crippen LogP contribution in [0.3, 0.4) is 0 Å². The van der Waals surface area contributed by atoms with Crippen molar-refractivity contribution in [2.45, 2.75) is 13.1 Å². The number of carbonyl (C=O) groups excluding carboxylic acids is 1. The fraction of sp³-hybridized carbons (Fsp3) is 0.167. The Bertz CT molecular complexity index is 1030. The monoisotopic (exact) mass is 371 g/mol. The van der Waals surface area contributed by atoms with Crippen molar-refractivity contribution < 1.29 is 14.3 Å². The zero-order valence-corrected chi connectivity index (χ0v) is 14.4. The molecule has 3 heterocycles. The van der Waals surface area contributed by atoms with Gasteiger partial charge in [0, 0.05) is 37.3 Å². The Balaban J connectivity index is 1.74. The molecular formula is C18H14FN3O3S. The van der Waals surface area contributed by atoms with E-state index < -0.39 is 17.1 Å². The second kappa shape index (κ2) is 6.38. The van der Waals surface area contributed by atoms with E-state index in [0.717, 1.165) is 5.56 Å². The molecule has 8 heteroatoms. The molecule has 2 aromatic heterocycles. The summed E-state index contributed by atoms with van der Waals surface area (Å²) in [5.74, 6) is -1.34. The van der Waals surface area contributed by atoms with Crippen molar-refractivity contribution in [3.05, 3.63) is 69.2 Å². The van der Waals surface area contributed by atoms with Crippen LogP contribution in [0.2, 0.25) is 0 Å². The van der Waals surface area contributed by atoms with Crippen molar-refractivity contribution >= 4 is 17.2 Å². The van der Waals surface area contributed by atoms with E-state index in [1.807, 2.05) is 0 Å². The van der Waals surface area contributed by atoms with Crippen LogP contribution in [0.5, 0.6) is 5.75 Å². The van der Waals surface area contributed by atoms with Crippen LogP contribution in [0.4, 0.5) is 4.39 Å². The number of rotatable bonds is 3. The topological polar surface area (TPSA) is 75.4 Å². The quantitative estimate of drug-likeness (QED) is 0.767. The number of benzene rings is 1. The summed E-state index contributed by atoms with van der Waals surface area (Å²) in [7, 11) is 0. The number of amides is 1. The number of aromatic nitrogens is 2. The molecule has 6 nitrogen and oxygen atoms in total. The van der Waals surface area contributed by atoms with Gasteiger partial charge in [0.2, 0.25) is 5.43 Å². The first kappa shape index (κ1) is 16.5. The SMILES string of the molecule is O=C1c2c(O)c(=O)cc(-c3nccs3)n2CCN1Cc1ccc(F)cc1. The van der Waals surface area contributed by atoms with Gasteiger partial charge in [-0.05, 0) is 17.7 Å². The molecule has 0 radical (unpaired) electrons. The number of pyridine rings is 1. The van der Waals surface area contributed by atoms with Crippen molar-refractivity contribution in [3.63, 3.8) is 0 Å². The minimum absolute atomic E-state index is 0.0314. The maximum absolute atomic E-state index is 13.1. The zero-order valence-electron chi connectivity index (χ0n) is 13.6. The van der Waals surface area contributed by atoms with E-state index in [4.69, 9.17) is 0 Å². The Morgan fingerprint density at radius 1 is 1.19 bits per heavy atom. The van der Waals surface area contributed by atoms with E-state index in [-0.39, 0.29) is 18.1 Å². The summed E-state index contributed by atoms with van der Waals surface area (Å²) >= 11 is 1.36. The van der Waals surface area contributed by atoms with Gasteiger partial charge in [-0.15, -0.1) is 11.3 Å². The van der Waals surface area contributed by atoms with E-state index in [0.29, 0.717) is 23.8 Å². The molecule has 1 N–H and O–H groups in total. The Hall–Kier alpha value is -3.00. The maximum atomic E-state index is 13.1. The normalized spacial score (nSPS) is 13.7. The maximum Gasteiger partial charge on any atom is 0.274 e. The van der Waals surface area contributed by atoms with Crippen LogP contribution in [-0.4, -0.2) is 32.0 Å². The van der Waals surface area contributed by atoms with E-state index in [1.54, 1.807) is 28.3 Å². The highest BCUT2D eigenvalue weighted by Crippen LogP contribution is 2.28. The van der Waals surface area contributed by atoms with Gasteiger partial charge in [0.25, 0.3) is 5.91 Å². The third-order valence-electron chi connectivity index (χ3n) is 4.31. The van der Waals surface area contributed by atoms with Gasteiger partial charge in [0.05, 0.1) is 5.69 Å². The average Bonchev–Trinajstić information content (AvgIpc) is 3.16. The predicted octanol–water partition coefficient (Wildman–Crippen LogP) is 2.47. The number of carbonyl (C=O) groups is 1. The Labute approximate surface area is 151 Å². The minimum atomic E-state index is -0.613. The summed E-state index contributed by atoms with van der Waals surface area (Å²) in [6.45, 7) is 1.10. The first-order chi connectivity index (χ1) is 12.5. The zero-order chi connectivity index (χ0) is 18.3. The number of halogens is 1. The van der Waals surface area contributed by atoms with Gasteiger partial charge in [0.15, 0.2) is 11.4 Å². The van der Waals surface area contributed by atoms with Crippen LogP contribution < -0.4 is 5.43 Å². The second-order valence-electron chi connectivity index (χ2n) is 5.93. The lowest BCUT2D eigenvalue weighted by atomic mass is 10.1. The fourth-order valence-corrected chi connectivity index (χ4v) is 3.71. The smallest absolute Gasteiger partial charge is 0.274 e. The molecule has 0 unspecified atom stereocenters. The minimum Gasteiger partial charge on any atom is -0.503 e. The number of thiazole rings is 1. The van der Waals surface area contributed by atoms with Crippen molar-refractivity contribution in [2.24, 2.45) is 0 Å². The summed E-state index contributed by atoms with van der Waals surface area (Å²) < 4.78 is 14.7. The third-order valence-corrected chi connectivity index (χ3v) is 5.10. The summed E-state index contributed by atoms with van der Waals surface area (Å²) in [5, 5.41) is 12.6. The van der Waals surface area contributed by atoms with E-state index in [9.17, 15) is 19.1 Å². The molecule has 1 aromatic carbocycles. The predicted molar refractivity (Wildman–Crippen MR) is 94.6 cm³/mol. The van der Waals surface area contributed by atoms with Crippen molar-refractivity contribution in [1.29, 1.82) is 0 Å². The Morgan fingerprint density at radius 3 is 2.65 bits per heavy atom. The summed E-state index contributed by atoms with van der Waals surface area (Å²) in [6, 6.07) is 7.19. The van der Waals surface area contributed by atoms with Crippen LogP contribution in [0, 0.1) is 5.82 Å². The molecule has 132 valence electrons.